The number of hydrazine groups is 1. The van der Waals surface area contributed by atoms with Crippen molar-refractivity contribution in [2.24, 2.45) is 0 Å². The minimum atomic E-state index is -0.532. The molecule has 0 bridgehead atoms. The van der Waals surface area contributed by atoms with Crippen molar-refractivity contribution < 1.29 is 18.7 Å². The van der Waals surface area contributed by atoms with Crippen molar-refractivity contribution in [2.45, 2.75) is 6.61 Å². The van der Waals surface area contributed by atoms with Gasteiger partial charge in [0.15, 0.2) is 0 Å². The highest BCUT2D eigenvalue weighted by molar-refractivity contribution is 5.97. The summed E-state index contributed by atoms with van der Waals surface area (Å²) in [5, 5.41) is 0. The quantitative estimate of drug-likeness (QED) is 0.496. The van der Waals surface area contributed by atoms with Gasteiger partial charge in [0, 0.05) is 11.6 Å². The Hall–Kier alpha value is -3.93. The van der Waals surface area contributed by atoms with Crippen LogP contribution in [0.5, 0.6) is 5.75 Å². The van der Waals surface area contributed by atoms with Crippen LogP contribution in [0.2, 0.25) is 0 Å². The highest BCUT2D eigenvalue weighted by atomic mass is 19.1. The summed E-state index contributed by atoms with van der Waals surface area (Å²) in [6.07, 6.45) is 2.66. The molecule has 0 unspecified atom stereocenters. The molecule has 0 fully saturated rings. The summed E-state index contributed by atoms with van der Waals surface area (Å²) in [5.41, 5.74) is 6.45. The molecule has 0 aromatic heterocycles. The van der Waals surface area contributed by atoms with Crippen molar-refractivity contribution in [3.8, 4) is 5.75 Å². The number of para-hydroxylation sites is 1. The molecule has 5 nitrogen and oxygen atoms in total. The van der Waals surface area contributed by atoms with E-state index in [0.29, 0.717) is 17.7 Å². The molecule has 3 rings (SSSR count). The Morgan fingerprint density at radius 2 is 1.66 bits per heavy atom. The summed E-state index contributed by atoms with van der Waals surface area (Å²) in [5.74, 6) is -0.606. The van der Waals surface area contributed by atoms with Crippen molar-refractivity contribution >= 4 is 17.9 Å². The summed E-state index contributed by atoms with van der Waals surface area (Å²) in [4.78, 5) is 23.9. The average molecular weight is 390 g/mol. The van der Waals surface area contributed by atoms with Crippen molar-refractivity contribution in [3.63, 3.8) is 0 Å². The SMILES string of the molecule is O=C(/C=C/c1cccc(F)c1)NNC(=O)c1ccc(COc2ccccc2)cc1. The average Bonchev–Trinajstić information content (AvgIpc) is 2.76. The minimum Gasteiger partial charge on any atom is -0.489 e. The standard InChI is InChI=1S/C23H19FN2O3/c24-20-6-4-5-17(15-20)11-14-22(27)25-26-23(28)19-12-9-18(10-13-19)16-29-21-7-2-1-3-8-21/h1-15H,16H2,(H,25,27)(H,26,28)/b14-11+. The predicted molar refractivity (Wildman–Crippen MR) is 108 cm³/mol. The van der Waals surface area contributed by atoms with Gasteiger partial charge >= 0.3 is 0 Å². The van der Waals surface area contributed by atoms with Gasteiger partial charge in [0.25, 0.3) is 11.8 Å². The van der Waals surface area contributed by atoms with Crippen molar-refractivity contribution in [3.05, 3.63) is 107 Å². The summed E-state index contributed by atoms with van der Waals surface area (Å²) in [7, 11) is 0. The Balaban J connectivity index is 1.47. The summed E-state index contributed by atoms with van der Waals surface area (Å²) >= 11 is 0. The number of nitrogens with one attached hydrogen (secondary N) is 2. The Bertz CT molecular complexity index is 1000. The molecule has 0 aliphatic carbocycles. The molecule has 0 aliphatic rings. The molecule has 2 N–H and O–H groups in total. The third-order valence-corrected chi connectivity index (χ3v) is 3.94. The Morgan fingerprint density at radius 1 is 0.897 bits per heavy atom. The number of hydrogen-bond donors (Lipinski definition) is 2. The van der Waals surface area contributed by atoms with E-state index in [9.17, 15) is 14.0 Å². The van der Waals surface area contributed by atoms with Gasteiger partial charge in [-0.2, -0.15) is 0 Å². The number of hydrogen-bond acceptors (Lipinski definition) is 3. The zero-order valence-corrected chi connectivity index (χ0v) is 15.5. The van der Waals surface area contributed by atoms with E-state index in [4.69, 9.17) is 4.74 Å². The van der Waals surface area contributed by atoms with E-state index in [1.807, 2.05) is 30.3 Å². The first-order valence-electron chi connectivity index (χ1n) is 8.91. The molecule has 3 aromatic carbocycles. The monoisotopic (exact) mass is 390 g/mol. The normalized spacial score (nSPS) is 10.5. The molecule has 6 heteroatoms. The van der Waals surface area contributed by atoms with Gasteiger partial charge in [-0.05, 0) is 53.6 Å². The Morgan fingerprint density at radius 3 is 2.38 bits per heavy atom. The lowest BCUT2D eigenvalue weighted by Gasteiger charge is -2.08. The molecule has 3 aromatic rings. The maximum atomic E-state index is 13.1. The molecule has 29 heavy (non-hydrogen) atoms. The molecule has 0 saturated heterocycles. The second-order valence-corrected chi connectivity index (χ2v) is 6.13. The Labute approximate surface area is 167 Å². The van der Waals surface area contributed by atoms with Crippen molar-refractivity contribution in [1.29, 1.82) is 0 Å². The van der Waals surface area contributed by atoms with E-state index in [1.165, 1.54) is 24.3 Å². The van der Waals surface area contributed by atoms with E-state index in [1.54, 1.807) is 36.4 Å². The first-order valence-corrected chi connectivity index (χ1v) is 8.91. The van der Waals surface area contributed by atoms with Gasteiger partial charge < -0.3 is 4.74 Å². The maximum absolute atomic E-state index is 13.1. The van der Waals surface area contributed by atoms with Crippen molar-refractivity contribution in [1.82, 2.24) is 10.9 Å². The van der Waals surface area contributed by atoms with Crippen LogP contribution < -0.4 is 15.6 Å². The molecule has 2 amide bonds. The van der Waals surface area contributed by atoms with Gasteiger partial charge in [0.2, 0.25) is 0 Å². The highest BCUT2D eigenvalue weighted by Crippen LogP contribution is 2.12. The summed E-state index contributed by atoms with van der Waals surface area (Å²) < 4.78 is 18.8. The Kier molecular flexibility index (Phi) is 6.73. The third-order valence-electron chi connectivity index (χ3n) is 3.94. The maximum Gasteiger partial charge on any atom is 0.269 e. The molecule has 0 aliphatic heterocycles. The number of amides is 2. The van der Waals surface area contributed by atoms with E-state index in [-0.39, 0.29) is 0 Å². The molecule has 146 valence electrons. The molecule has 0 atom stereocenters. The largest absolute Gasteiger partial charge is 0.489 e. The smallest absolute Gasteiger partial charge is 0.269 e. The molecular weight excluding hydrogens is 371 g/mol. The van der Waals surface area contributed by atoms with Gasteiger partial charge in [-0.25, -0.2) is 4.39 Å². The fourth-order valence-corrected chi connectivity index (χ4v) is 2.45. The lowest BCUT2D eigenvalue weighted by Crippen LogP contribution is -2.40. The molecule has 0 spiro atoms. The fourth-order valence-electron chi connectivity index (χ4n) is 2.45. The van der Waals surface area contributed by atoms with Crippen LogP contribution in [0.4, 0.5) is 4.39 Å². The molecular formula is C23H19FN2O3. The van der Waals surface area contributed by atoms with E-state index < -0.39 is 17.6 Å². The molecule has 0 radical (unpaired) electrons. The zero-order valence-electron chi connectivity index (χ0n) is 15.5. The number of halogens is 1. The van der Waals surface area contributed by atoms with E-state index in [0.717, 1.165) is 11.3 Å². The third kappa shape index (κ3) is 6.32. The van der Waals surface area contributed by atoms with Crippen molar-refractivity contribution in [2.75, 3.05) is 0 Å². The van der Waals surface area contributed by atoms with Crippen LogP contribution in [-0.4, -0.2) is 11.8 Å². The highest BCUT2D eigenvalue weighted by Gasteiger charge is 2.06. The van der Waals surface area contributed by atoms with Crippen LogP contribution in [0.1, 0.15) is 21.5 Å². The van der Waals surface area contributed by atoms with Gasteiger partial charge in [-0.1, -0.05) is 42.5 Å². The first-order chi connectivity index (χ1) is 14.1. The van der Waals surface area contributed by atoms with Crippen LogP contribution in [0.15, 0.2) is 84.9 Å². The summed E-state index contributed by atoms with van der Waals surface area (Å²) in [6.45, 7) is 0.382. The van der Waals surface area contributed by atoms with E-state index >= 15 is 0 Å². The minimum absolute atomic E-state index is 0.382. The number of ether oxygens (including phenoxy) is 1. The second-order valence-electron chi connectivity index (χ2n) is 6.13. The van der Waals surface area contributed by atoms with E-state index in [2.05, 4.69) is 10.9 Å². The zero-order chi connectivity index (χ0) is 20.5. The molecule has 0 heterocycles. The first kappa shape index (κ1) is 19.8. The van der Waals surface area contributed by atoms with Crippen LogP contribution in [0, 0.1) is 5.82 Å². The van der Waals surface area contributed by atoms with Gasteiger partial charge in [0.1, 0.15) is 18.2 Å². The second kappa shape index (κ2) is 9.85. The van der Waals surface area contributed by atoms with Crippen LogP contribution in [-0.2, 0) is 11.4 Å². The molecule has 0 saturated carbocycles. The van der Waals surface area contributed by atoms with Gasteiger partial charge in [-0.15, -0.1) is 0 Å². The predicted octanol–water partition coefficient (Wildman–Crippen LogP) is 3.88. The van der Waals surface area contributed by atoms with Crippen LogP contribution in [0.3, 0.4) is 0 Å². The topological polar surface area (TPSA) is 67.4 Å². The lowest BCUT2D eigenvalue weighted by atomic mass is 10.1. The summed E-state index contributed by atoms with van der Waals surface area (Å²) in [6, 6.07) is 22.1. The number of benzene rings is 3. The number of carbonyl (C=O) groups is 2. The van der Waals surface area contributed by atoms with Crippen LogP contribution in [0.25, 0.3) is 6.08 Å². The lowest BCUT2D eigenvalue weighted by molar-refractivity contribution is -0.117. The fraction of sp³-hybridized carbons (Fsp3) is 0.0435. The van der Waals surface area contributed by atoms with Gasteiger partial charge in [0.05, 0.1) is 0 Å². The number of carbonyl (C=O) groups excluding carboxylic acids is 2. The number of rotatable bonds is 6. The van der Waals surface area contributed by atoms with Crippen LogP contribution >= 0.6 is 0 Å². The van der Waals surface area contributed by atoms with Gasteiger partial charge in [-0.3, -0.25) is 20.4 Å².